The second-order valence-corrected chi connectivity index (χ2v) is 17.9. The monoisotopic (exact) mass is 924 g/mol. The van der Waals surface area contributed by atoms with Crippen LogP contribution in [0.15, 0.2) is 158 Å². The van der Waals surface area contributed by atoms with Crippen LogP contribution >= 0.6 is 0 Å². The van der Waals surface area contributed by atoms with Gasteiger partial charge in [0.15, 0.2) is 0 Å². The molecule has 1 saturated heterocycles. The summed E-state index contributed by atoms with van der Waals surface area (Å²) in [6, 6.07) is 41.2. The molecule has 0 bridgehead atoms. The summed E-state index contributed by atoms with van der Waals surface area (Å²) in [5, 5.41) is 109. The third-order valence-electron chi connectivity index (χ3n) is 13.6. The van der Waals surface area contributed by atoms with Crippen molar-refractivity contribution < 1.29 is 65.3 Å². The van der Waals surface area contributed by atoms with E-state index in [0.717, 1.165) is 0 Å². The zero-order valence-electron chi connectivity index (χ0n) is 36.3. The van der Waals surface area contributed by atoms with Crippen molar-refractivity contribution in [2.45, 2.75) is 48.1 Å². The smallest absolute Gasteiger partial charge is 0.135 e. The Kier molecular flexibility index (Phi) is 10.3. The largest absolute Gasteiger partial charge is 0.508 e. The molecule has 8 aromatic carbocycles. The van der Waals surface area contributed by atoms with Gasteiger partial charge in [-0.05, 0) is 118 Å². The van der Waals surface area contributed by atoms with Crippen molar-refractivity contribution in [1.29, 1.82) is 0 Å². The summed E-state index contributed by atoms with van der Waals surface area (Å²) >= 11 is 0. The summed E-state index contributed by atoms with van der Waals surface area (Å²) in [7, 11) is 0. The normalized spacial score (nSPS) is 22.4. The molecule has 8 aromatic rings. The second-order valence-electron chi connectivity index (χ2n) is 17.9. The van der Waals surface area contributed by atoms with E-state index in [4.69, 9.17) is 14.2 Å². The zero-order chi connectivity index (χ0) is 47.8. The van der Waals surface area contributed by atoms with Crippen molar-refractivity contribution in [1.82, 2.24) is 0 Å². The second kappa shape index (κ2) is 16.6. The molecule has 0 aromatic heterocycles. The van der Waals surface area contributed by atoms with Crippen molar-refractivity contribution in [2.75, 3.05) is 0 Å². The lowest BCUT2D eigenvalue weighted by atomic mass is 9.73. The number of rotatable bonds is 8. The lowest BCUT2D eigenvalue weighted by molar-refractivity contribution is 0.0365. The van der Waals surface area contributed by atoms with Gasteiger partial charge < -0.3 is 65.3 Å². The van der Waals surface area contributed by atoms with E-state index >= 15 is 0 Å². The van der Waals surface area contributed by atoms with Crippen molar-refractivity contribution in [3.63, 3.8) is 0 Å². The minimum atomic E-state index is -0.839. The molecule has 1 fully saturated rings. The van der Waals surface area contributed by atoms with Gasteiger partial charge >= 0.3 is 0 Å². The highest BCUT2D eigenvalue weighted by Crippen LogP contribution is 2.63. The van der Waals surface area contributed by atoms with Gasteiger partial charge in [0.05, 0.1) is 24.0 Å². The zero-order valence-corrected chi connectivity index (χ0v) is 36.3. The van der Waals surface area contributed by atoms with E-state index in [2.05, 4.69) is 0 Å². The summed E-state index contributed by atoms with van der Waals surface area (Å²) in [6.45, 7) is 0. The van der Waals surface area contributed by atoms with Gasteiger partial charge in [-0.3, -0.25) is 0 Å². The fraction of sp³-hybridized carbons (Fsp3) is 0.143. The Morgan fingerprint density at radius 3 is 1.06 bits per heavy atom. The number of hydrogen-bond donors (Lipinski definition) is 10. The van der Waals surface area contributed by atoms with E-state index in [1.807, 2.05) is 12.1 Å². The first-order valence-corrected chi connectivity index (χ1v) is 22.2. The third-order valence-corrected chi connectivity index (χ3v) is 13.6. The van der Waals surface area contributed by atoms with Gasteiger partial charge in [-0.2, -0.15) is 0 Å². The standard InChI is InChI=1S/C56H44O13/c57-33-9-1-27(2-10-33)53-49(31-17-37(61)21-38(62)18-31)43-23-41(45(65)25-47(43)67-53)51-44-24-42(46(66)26-48(44)68-55(51)29-5-13-35(59)14-6-29)52-50(32-19-39(63)22-40(64)20-32)54(28-3-11-34(58)12-4-28)69-56(52)30-7-15-36(60)16-8-30/h1-26,49-66H/t49-,50+,51-,52-,53+,54-,55+,56+/m1/s1. The Labute approximate surface area is 394 Å². The maximum Gasteiger partial charge on any atom is 0.135 e. The first-order chi connectivity index (χ1) is 33.3. The fourth-order valence-corrected chi connectivity index (χ4v) is 10.6. The summed E-state index contributed by atoms with van der Waals surface area (Å²) < 4.78 is 20.4. The minimum Gasteiger partial charge on any atom is -0.508 e. The van der Waals surface area contributed by atoms with E-state index in [1.165, 1.54) is 97.1 Å². The number of aromatic hydroxyl groups is 10. The van der Waals surface area contributed by atoms with Gasteiger partial charge in [0.1, 0.15) is 81.2 Å². The van der Waals surface area contributed by atoms with Crippen LogP contribution in [0.2, 0.25) is 0 Å². The summed E-state index contributed by atoms with van der Waals surface area (Å²) in [4.78, 5) is 0. The van der Waals surface area contributed by atoms with Crippen LogP contribution in [-0.2, 0) is 4.74 Å². The molecule has 0 aliphatic carbocycles. The van der Waals surface area contributed by atoms with Crippen molar-refractivity contribution in [3.05, 3.63) is 213 Å². The van der Waals surface area contributed by atoms with E-state index in [-0.39, 0.29) is 57.5 Å². The van der Waals surface area contributed by atoms with E-state index in [9.17, 15) is 51.1 Å². The quantitative estimate of drug-likeness (QED) is 0.0685. The maximum atomic E-state index is 12.3. The fourth-order valence-electron chi connectivity index (χ4n) is 10.6. The van der Waals surface area contributed by atoms with Crippen LogP contribution in [0.4, 0.5) is 0 Å². The molecule has 0 spiro atoms. The van der Waals surface area contributed by atoms with Crippen molar-refractivity contribution >= 4 is 0 Å². The van der Waals surface area contributed by atoms with Crippen LogP contribution in [-0.4, -0.2) is 51.1 Å². The third kappa shape index (κ3) is 7.68. The average molecular weight is 925 g/mol. The molecule has 0 unspecified atom stereocenters. The number of fused-ring (bicyclic) bond motifs is 2. The molecule has 3 aliphatic heterocycles. The van der Waals surface area contributed by atoms with Crippen LogP contribution in [0.25, 0.3) is 0 Å². The lowest BCUT2D eigenvalue weighted by Gasteiger charge is -2.27. The molecule has 69 heavy (non-hydrogen) atoms. The summed E-state index contributed by atoms with van der Waals surface area (Å²) in [6.07, 6.45) is -3.17. The van der Waals surface area contributed by atoms with Crippen LogP contribution in [0.5, 0.6) is 69.0 Å². The first kappa shape index (κ1) is 42.9. The maximum absolute atomic E-state index is 12.3. The van der Waals surface area contributed by atoms with E-state index in [1.54, 1.807) is 48.5 Å². The highest BCUT2D eigenvalue weighted by atomic mass is 16.5. The Balaban J connectivity index is 1.12. The van der Waals surface area contributed by atoms with Gasteiger partial charge in [-0.1, -0.05) is 48.5 Å². The minimum absolute atomic E-state index is 0.0227. The number of hydrogen-bond acceptors (Lipinski definition) is 13. The number of benzene rings is 8. The van der Waals surface area contributed by atoms with Gasteiger partial charge in [0.25, 0.3) is 0 Å². The average Bonchev–Trinajstić information content (AvgIpc) is 4.00. The molecule has 3 aliphatic rings. The number of phenolic OH excluding ortho intramolecular Hbond substituents is 10. The molecule has 0 amide bonds. The molecular weight excluding hydrogens is 881 g/mol. The molecule has 346 valence electrons. The highest BCUT2D eigenvalue weighted by molar-refractivity contribution is 5.63. The van der Waals surface area contributed by atoms with Gasteiger partial charge in [-0.25, -0.2) is 0 Å². The number of phenols is 10. The Bertz CT molecular complexity index is 3200. The molecule has 13 heteroatoms. The Morgan fingerprint density at radius 1 is 0.261 bits per heavy atom. The molecule has 0 saturated carbocycles. The molecule has 11 rings (SSSR count). The Hall–Kier alpha value is -8.68. The van der Waals surface area contributed by atoms with E-state index < -0.39 is 48.1 Å². The predicted octanol–water partition coefficient (Wildman–Crippen LogP) is 10.7. The molecule has 8 atom stereocenters. The van der Waals surface area contributed by atoms with Gasteiger partial charge in [-0.15, -0.1) is 0 Å². The molecule has 10 N–H and O–H groups in total. The first-order valence-electron chi connectivity index (χ1n) is 22.2. The predicted molar refractivity (Wildman–Crippen MR) is 251 cm³/mol. The summed E-state index contributed by atoms with van der Waals surface area (Å²) in [5.41, 5.74) is 5.58. The SMILES string of the molecule is Oc1ccc([C@H]2O[C@@H](c3ccc(O)cc3)[C@H](c3cc4c(cc3O)O[C@@H](c3ccc(O)cc3)[C@@H]4c3cc4c(cc3O)O[C@@H](c3ccc(O)cc3)[C@@H]4c3cc(O)cc(O)c3)[C@@H]2c2cc(O)cc(O)c2)cc1. The van der Waals surface area contributed by atoms with Crippen LogP contribution in [0.1, 0.15) is 104 Å². The van der Waals surface area contributed by atoms with Crippen molar-refractivity contribution in [3.8, 4) is 69.0 Å². The van der Waals surface area contributed by atoms with E-state index in [0.29, 0.717) is 67.1 Å². The lowest BCUT2D eigenvalue weighted by Crippen LogP contribution is -2.15. The molecule has 0 radical (unpaired) electrons. The molecule has 3 heterocycles. The van der Waals surface area contributed by atoms with Crippen LogP contribution in [0.3, 0.4) is 0 Å². The van der Waals surface area contributed by atoms with Crippen molar-refractivity contribution in [2.24, 2.45) is 0 Å². The topological polar surface area (TPSA) is 230 Å². The Morgan fingerprint density at radius 2 is 0.609 bits per heavy atom. The van der Waals surface area contributed by atoms with Crippen LogP contribution < -0.4 is 9.47 Å². The summed E-state index contributed by atoms with van der Waals surface area (Å²) in [5.74, 6) is -3.24. The molecule has 13 nitrogen and oxygen atoms in total. The van der Waals surface area contributed by atoms with Gasteiger partial charge in [0, 0.05) is 58.4 Å². The highest BCUT2D eigenvalue weighted by Gasteiger charge is 2.50. The van der Waals surface area contributed by atoms with Crippen LogP contribution in [0, 0.1) is 0 Å². The van der Waals surface area contributed by atoms with Gasteiger partial charge in [0.2, 0.25) is 0 Å². The number of ether oxygens (including phenoxy) is 3. The molecular formula is C56H44O13.